The van der Waals surface area contributed by atoms with Crippen LogP contribution >= 0.6 is 34.5 Å². The number of hydrogen-bond donors (Lipinski definition) is 2. The highest BCUT2D eigenvalue weighted by atomic mass is 35.5. The molecule has 0 amide bonds. The van der Waals surface area contributed by atoms with Gasteiger partial charge in [-0.2, -0.15) is 0 Å². The highest BCUT2D eigenvalue weighted by Crippen LogP contribution is 2.39. The molecule has 0 unspecified atom stereocenters. The summed E-state index contributed by atoms with van der Waals surface area (Å²) in [5.41, 5.74) is 0.823. The van der Waals surface area contributed by atoms with Crippen LogP contribution in [0.15, 0.2) is 22.5 Å². The Morgan fingerprint density at radius 2 is 2.18 bits per heavy atom. The smallest absolute Gasteiger partial charge is 0.195 e. The number of fused-ring (bicyclic) bond motifs is 1. The topological polar surface area (TPSA) is 36.4 Å². The zero-order valence-corrected chi connectivity index (χ0v) is 11.1. The molecule has 1 aromatic heterocycles. The quantitative estimate of drug-likeness (QED) is 0.840. The summed E-state index contributed by atoms with van der Waals surface area (Å²) in [7, 11) is 0. The Morgan fingerprint density at radius 1 is 1.29 bits per heavy atom. The van der Waals surface area contributed by atoms with E-state index in [1.54, 1.807) is 11.3 Å². The van der Waals surface area contributed by atoms with Crippen LogP contribution in [0.25, 0.3) is 10.1 Å². The number of rotatable bonds is 1. The third kappa shape index (κ3) is 1.97. The van der Waals surface area contributed by atoms with E-state index in [0.29, 0.717) is 10.0 Å². The minimum atomic E-state index is 0.647. The van der Waals surface area contributed by atoms with Crippen LogP contribution in [-0.2, 0) is 0 Å². The van der Waals surface area contributed by atoms with Gasteiger partial charge in [-0.05, 0) is 12.1 Å². The molecule has 0 saturated heterocycles. The second-order valence-electron chi connectivity index (χ2n) is 3.66. The van der Waals surface area contributed by atoms with Crippen LogP contribution in [-0.4, -0.2) is 19.0 Å². The zero-order valence-electron chi connectivity index (χ0n) is 8.76. The van der Waals surface area contributed by atoms with E-state index in [4.69, 9.17) is 23.2 Å². The highest BCUT2D eigenvalue weighted by molar-refractivity contribution is 7.18. The van der Waals surface area contributed by atoms with Crippen LogP contribution in [0.1, 0.15) is 0 Å². The first-order chi connectivity index (χ1) is 8.25. The first-order valence-corrected chi connectivity index (χ1v) is 6.80. The summed E-state index contributed by atoms with van der Waals surface area (Å²) >= 11 is 14.0. The Hall–Kier alpha value is -0.970. The van der Waals surface area contributed by atoms with E-state index in [1.165, 1.54) is 0 Å². The average molecular weight is 286 g/mol. The Labute approximate surface area is 112 Å². The largest absolute Gasteiger partial charge is 0.354 e. The van der Waals surface area contributed by atoms with E-state index in [9.17, 15) is 0 Å². The van der Waals surface area contributed by atoms with Crippen molar-refractivity contribution in [3.63, 3.8) is 0 Å². The molecule has 88 valence electrons. The van der Waals surface area contributed by atoms with Crippen molar-refractivity contribution in [2.75, 3.05) is 18.4 Å². The molecule has 0 atom stereocenters. The SMILES string of the molecule is Clc1ccc2scc(Cl)c2c1NC1=NCCN1. The number of nitrogens with zero attached hydrogens (tertiary/aromatic N) is 1. The Bertz CT molecular complexity index is 606. The van der Waals surface area contributed by atoms with Gasteiger partial charge in [-0.1, -0.05) is 23.2 Å². The van der Waals surface area contributed by atoms with E-state index < -0.39 is 0 Å². The molecule has 1 aliphatic heterocycles. The molecule has 2 heterocycles. The second-order valence-corrected chi connectivity index (χ2v) is 5.39. The number of aliphatic imine (C=N–C) groups is 1. The standard InChI is InChI=1S/C11H9Cl2N3S/c12-6-1-2-8-9(7(13)5-17-8)10(6)16-11-14-3-4-15-11/h1-2,5H,3-4H2,(H2,14,15,16). The fourth-order valence-electron chi connectivity index (χ4n) is 1.79. The number of anilines is 1. The third-order valence-electron chi connectivity index (χ3n) is 2.56. The van der Waals surface area contributed by atoms with Crippen molar-refractivity contribution < 1.29 is 0 Å². The summed E-state index contributed by atoms with van der Waals surface area (Å²) in [5.74, 6) is 0.752. The lowest BCUT2D eigenvalue weighted by atomic mass is 10.2. The molecule has 6 heteroatoms. The molecule has 1 aromatic carbocycles. The van der Waals surface area contributed by atoms with Crippen LogP contribution in [0.3, 0.4) is 0 Å². The lowest BCUT2D eigenvalue weighted by molar-refractivity contribution is 0.959. The zero-order chi connectivity index (χ0) is 11.8. The molecule has 0 saturated carbocycles. The van der Waals surface area contributed by atoms with E-state index in [-0.39, 0.29) is 0 Å². The molecule has 3 nitrogen and oxygen atoms in total. The van der Waals surface area contributed by atoms with Gasteiger partial charge >= 0.3 is 0 Å². The van der Waals surface area contributed by atoms with Gasteiger partial charge in [0.05, 0.1) is 22.3 Å². The number of thiophene rings is 1. The molecule has 3 rings (SSSR count). The maximum absolute atomic E-state index is 6.21. The van der Waals surface area contributed by atoms with Gasteiger partial charge in [-0.3, -0.25) is 4.99 Å². The van der Waals surface area contributed by atoms with Gasteiger partial charge in [-0.25, -0.2) is 0 Å². The van der Waals surface area contributed by atoms with Gasteiger partial charge in [0.2, 0.25) is 0 Å². The lowest BCUT2D eigenvalue weighted by Crippen LogP contribution is -2.26. The average Bonchev–Trinajstić information content (AvgIpc) is 2.93. The number of guanidine groups is 1. The van der Waals surface area contributed by atoms with Gasteiger partial charge < -0.3 is 10.6 Å². The maximum Gasteiger partial charge on any atom is 0.195 e. The molecule has 0 radical (unpaired) electrons. The van der Waals surface area contributed by atoms with Crippen LogP contribution in [0, 0.1) is 0 Å². The number of hydrogen-bond acceptors (Lipinski definition) is 4. The number of nitrogens with one attached hydrogen (secondary N) is 2. The molecular formula is C11H9Cl2N3S. The van der Waals surface area contributed by atoms with Crippen molar-refractivity contribution in [1.82, 2.24) is 5.32 Å². The monoisotopic (exact) mass is 285 g/mol. The summed E-state index contributed by atoms with van der Waals surface area (Å²) in [6.07, 6.45) is 0. The molecule has 2 aromatic rings. The summed E-state index contributed by atoms with van der Waals surface area (Å²) in [5, 5.41) is 10.6. The number of halogens is 2. The third-order valence-corrected chi connectivity index (χ3v) is 4.25. The Morgan fingerprint density at radius 3 is 2.94 bits per heavy atom. The molecule has 0 bridgehead atoms. The van der Waals surface area contributed by atoms with Gasteiger partial charge in [0.15, 0.2) is 5.96 Å². The predicted octanol–water partition coefficient (Wildman–Crippen LogP) is 3.58. The van der Waals surface area contributed by atoms with E-state index in [1.807, 2.05) is 17.5 Å². The lowest BCUT2D eigenvalue weighted by Gasteiger charge is -2.10. The van der Waals surface area contributed by atoms with Gasteiger partial charge in [-0.15, -0.1) is 11.3 Å². The molecule has 0 aliphatic carbocycles. The maximum atomic E-state index is 6.21. The van der Waals surface area contributed by atoms with Crippen molar-refractivity contribution in [3.8, 4) is 0 Å². The Balaban J connectivity index is 2.12. The van der Waals surface area contributed by atoms with Gasteiger partial charge in [0.1, 0.15) is 0 Å². The van der Waals surface area contributed by atoms with Gasteiger partial charge in [0, 0.05) is 22.0 Å². The molecule has 0 fully saturated rings. The molecule has 0 spiro atoms. The van der Waals surface area contributed by atoms with Crippen LogP contribution in [0.4, 0.5) is 5.69 Å². The van der Waals surface area contributed by atoms with Crippen molar-refractivity contribution >= 4 is 56.3 Å². The van der Waals surface area contributed by atoms with E-state index in [0.717, 1.165) is 34.8 Å². The number of benzene rings is 1. The minimum Gasteiger partial charge on any atom is -0.354 e. The van der Waals surface area contributed by atoms with Crippen molar-refractivity contribution in [1.29, 1.82) is 0 Å². The summed E-state index contributed by atoms with van der Waals surface area (Å²) in [6, 6.07) is 3.85. The Kier molecular flexibility index (Phi) is 2.86. The first kappa shape index (κ1) is 11.1. The van der Waals surface area contributed by atoms with Crippen molar-refractivity contribution in [3.05, 3.63) is 27.6 Å². The van der Waals surface area contributed by atoms with Crippen LogP contribution in [0.2, 0.25) is 10.0 Å². The fraction of sp³-hybridized carbons (Fsp3) is 0.182. The molecule has 17 heavy (non-hydrogen) atoms. The predicted molar refractivity (Wildman–Crippen MR) is 75.8 cm³/mol. The molecular weight excluding hydrogens is 277 g/mol. The minimum absolute atomic E-state index is 0.647. The van der Waals surface area contributed by atoms with Crippen LogP contribution in [0.5, 0.6) is 0 Å². The van der Waals surface area contributed by atoms with Crippen LogP contribution < -0.4 is 10.6 Å². The second kappa shape index (κ2) is 4.37. The molecule has 1 aliphatic rings. The fourth-order valence-corrected chi connectivity index (χ4v) is 3.21. The van der Waals surface area contributed by atoms with E-state index >= 15 is 0 Å². The normalized spacial score (nSPS) is 14.8. The highest BCUT2D eigenvalue weighted by Gasteiger charge is 2.14. The summed E-state index contributed by atoms with van der Waals surface area (Å²) in [6.45, 7) is 1.64. The van der Waals surface area contributed by atoms with Gasteiger partial charge in [0.25, 0.3) is 0 Å². The van der Waals surface area contributed by atoms with Crippen molar-refractivity contribution in [2.24, 2.45) is 4.99 Å². The summed E-state index contributed by atoms with van der Waals surface area (Å²) in [4.78, 5) is 4.29. The van der Waals surface area contributed by atoms with E-state index in [2.05, 4.69) is 15.6 Å². The first-order valence-electron chi connectivity index (χ1n) is 5.16. The molecule has 2 N–H and O–H groups in total. The van der Waals surface area contributed by atoms with Crippen molar-refractivity contribution in [2.45, 2.75) is 0 Å². The summed E-state index contributed by atoms with van der Waals surface area (Å²) < 4.78 is 1.11.